The van der Waals surface area contributed by atoms with E-state index in [1.807, 2.05) is 18.2 Å². The Kier molecular flexibility index (Phi) is 12.1. The van der Waals surface area contributed by atoms with Crippen molar-refractivity contribution in [1.29, 1.82) is 0 Å². The molecule has 5 nitrogen and oxygen atoms in total. The fraction of sp³-hybridized carbons (Fsp3) is 0.667. The zero-order valence-electron chi connectivity index (χ0n) is 20.5. The van der Waals surface area contributed by atoms with Crippen LogP contribution in [0, 0.1) is 0 Å². The Bertz CT molecular complexity index is 859. The van der Waals surface area contributed by atoms with Gasteiger partial charge in [0.05, 0.1) is 18.7 Å². The highest BCUT2D eigenvalue weighted by atomic mass is 16.5. The lowest BCUT2D eigenvalue weighted by molar-refractivity contribution is 0.293. The number of rotatable bonds is 17. The summed E-state index contributed by atoms with van der Waals surface area (Å²) >= 11 is 0. The van der Waals surface area contributed by atoms with Crippen molar-refractivity contribution >= 4 is 10.9 Å². The summed E-state index contributed by atoms with van der Waals surface area (Å²) < 4.78 is 13.5. The largest absolute Gasteiger partial charge is 0.500 e. The van der Waals surface area contributed by atoms with E-state index in [9.17, 15) is 9.90 Å². The number of fused-ring (bicyclic) bond motifs is 1. The van der Waals surface area contributed by atoms with Gasteiger partial charge < -0.3 is 19.1 Å². The molecule has 1 aromatic carbocycles. The maximum atomic E-state index is 13.0. The first-order valence-corrected chi connectivity index (χ1v) is 12.8. The van der Waals surface area contributed by atoms with Gasteiger partial charge in [-0.15, -0.1) is 0 Å². The molecule has 0 amide bonds. The number of hydrogen-bond donors (Lipinski definition) is 1. The molecule has 2 rings (SSSR count). The van der Waals surface area contributed by atoms with Gasteiger partial charge in [0.2, 0.25) is 5.75 Å². The summed E-state index contributed by atoms with van der Waals surface area (Å²) in [5.74, 6) is 0.772. The first-order chi connectivity index (χ1) is 15.6. The van der Waals surface area contributed by atoms with Crippen LogP contribution in [0.2, 0.25) is 0 Å². The minimum Gasteiger partial charge on any atom is -0.500 e. The predicted molar refractivity (Wildman–Crippen MR) is 133 cm³/mol. The second-order valence-electron chi connectivity index (χ2n) is 8.69. The van der Waals surface area contributed by atoms with E-state index >= 15 is 0 Å². The molecule has 0 atom stereocenters. The molecule has 0 bridgehead atoms. The molecule has 0 spiro atoms. The Morgan fingerprint density at radius 1 is 0.781 bits per heavy atom. The van der Waals surface area contributed by atoms with E-state index in [1.54, 1.807) is 4.57 Å². The van der Waals surface area contributed by atoms with Crippen molar-refractivity contribution in [2.24, 2.45) is 0 Å². The van der Waals surface area contributed by atoms with Crippen molar-refractivity contribution in [3.63, 3.8) is 0 Å². The van der Waals surface area contributed by atoms with Gasteiger partial charge in [0.15, 0.2) is 5.75 Å². The molecule has 0 radical (unpaired) electrons. The second kappa shape index (κ2) is 14.8. The van der Waals surface area contributed by atoms with Crippen LogP contribution < -0.4 is 15.0 Å². The van der Waals surface area contributed by atoms with E-state index in [1.165, 1.54) is 32.1 Å². The molecule has 0 fully saturated rings. The number of aromatic hydroxyl groups is 1. The standard InChI is InChI=1S/C27H43NO4/c1-4-7-10-12-13-15-20-31-22-16-17-23-24(21-22)28(18-14-11-8-5-2)27(30)25(29)26(23)32-19-9-6-3/h16-17,21,29H,4-15,18-20H2,1-3H3. The topological polar surface area (TPSA) is 60.7 Å². The SMILES string of the molecule is CCCCCCCCOc1ccc2c(OCCCC)c(O)c(=O)n(CCCCCC)c2c1. The number of hydrogen-bond acceptors (Lipinski definition) is 4. The molecule has 2 aromatic rings. The molecule has 0 aliphatic rings. The Morgan fingerprint density at radius 2 is 1.41 bits per heavy atom. The molecule has 1 aromatic heterocycles. The third kappa shape index (κ3) is 7.75. The normalized spacial score (nSPS) is 11.2. The second-order valence-corrected chi connectivity index (χ2v) is 8.69. The van der Waals surface area contributed by atoms with Gasteiger partial charge in [-0.2, -0.15) is 0 Å². The quantitative estimate of drug-likeness (QED) is 0.261. The number of ether oxygens (including phenoxy) is 2. The summed E-state index contributed by atoms with van der Waals surface area (Å²) in [7, 11) is 0. The predicted octanol–water partition coefficient (Wildman–Crippen LogP) is 7.21. The highest BCUT2D eigenvalue weighted by Crippen LogP contribution is 2.34. The van der Waals surface area contributed by atoms with E-state index in [-0.39, 0.29) is 11.3 Å². The van der Waals surface area contributed by atoms with Crippen LogP contribution >= 0.6 is 0 Å². The summed E-state index contributed by atoms with van der Waals surface area (Å²) in [5, 5.41) is 11.4. The lowest BCUT2D eigenvalue weighted by Crippen LogP contribution is -2.21. The minimum absolute atomic E-state index is 0.287. The highest BCUT2D eigenvalue weighted by Gasteiger charge is 2.18. The molecule has 32 heavy (non-hydrogen) atoms. The molecule has 0 aliphatic carbocycles. The molecule has 0 unspecified atom stereocenters. The third-order valence-electron chi connectivity index (χ3n) is 5.91. The van der Waals surface area contributed by atoms with E-state index in [4.69, 9.17) is 9.47 Å². The minimum atomic E-state index is -0.381. The van der Waals surface area contributed by atoms with Crippen LogP contribution in [0.1, 0.15) is 97.8 Å². The van der Waals surface area contributed by atoms with Crippen molar-refractivity contribution in [2.45, 2.75) is 104 Å². The average Bonchev–Trinajstić information content (AvgIpc) is 2.80. The summed E-state index contributed by atoms with van der Waals surface area (Å²) in [5.41, 5.74) is 0.393. The zero-order chi connectivity index (χ0) is 23.2. The van der Waals surface area contributed by atoms with Crippen LogP contribution in [0.3, 0.4) is 0 Å². The van der Waals surface area contributed by atoms with Gasteiger partial charge in [-0.25, -0.2) is 0 Å². The van der Waals surface area contributed by atoms with E-state index in [0.29, 0.717) is 25.5 Å². The molecule has 1 N–H and O–H groups in total. The lowest BCUT2D eigenvalue weighted by Gasteiger charge is -2.17. The van der Waals surface area contributed by atoms with Gasteiger partial charge in [-0.1, -0.05) is 78.6 Å². The smallest absolute Gasteiger partial charge is 0.297 e. The maximum absolute atomic E-state index is 13.0. The number of benzene rings is 1. The van der Waals surface area contributed by atoms with Crippen LogP contribution in [0.15, 0.2) is 23.0 Å². The Balaban J connectivity index is 2.22. The number of unbranched alkanes of at least 4 members (excludes halogenated alkanes) is 9. The molecule has 0 aliphatic heterocycles. The summed E-state index contributed by atoms with van der Waals surface area (Å²) in [4.78, 5) is 13.0. The van der Waals surface area contributed by atoms with Crippen molar-refractivity contribution in [3.05, 3.63) is 28.6 Å². The van der Waals surface area contributed by atoms with Crippen molar-refractivity contribution in [2.75, 3.05) is 13.2 Å². The van der Waals surface area contributed by atoms with Gasteiger partial charge in [-0.3, -0.25) is 4.79 Å². The lowest BCUT2D eigenvalue weighted by atomic mass is 10.1. The molecule has 0 saturated carbocycles. The Morgan fingerprint density at radius 3 is 2.12 bits per heavy atom. The van der Waals surface area contributed by atoms with Crippen molar-refractivity contribution < 1.29 is 14.6 Å². The number of aryl methyl sites for hydroxylation is 1. The van der Waals surface area contributed by atoms with Gasteiger partial charge in [0.25, 0.3) is 5.56 Å². The van der Waals surface area contributed by atoms with Crippen LogP contribution in [-0.2, 0) is 6.54 Å². The van der Waals surface area contributed by atoms with Gasteiger partial charge in [0.1, 0.15) is 5.75 Å². The molecule has 0 saturated heterocycles. The Labute approximate surface area is 193 Å². The van der Waals surface area contributed by atoms with Gasteiger partial charge >= 0.3 is 0 Å². The number of aromatic nitrogens is 1. The van der Waals surface area contributed by atoms with E-state index < -0.39 is 0 Å². The van der Waals surface area contributed by atoms with Crippen molar-refractivity contribution in [3.8, 4) is 17.2 Å². The summed E-state index contributed by atoms with van der Waals surface area (Å²) in [6, 6.07) is 5.76. The molecule has 180 valence electrons. The number of pyridine rings is 1. The molecular weight excluding hydrogens is 402 g/mol. The van der Waals surface area contributed by atoms with Crippen LogP contribution in [-0.4, -0.2) is 22.9 Å². The highest BCUT2D eigenvalue weighted by molar-refractivity contribution is 5.88. The molecule has 5 heteroatoms. The fourth-order valence-electron chi connectivity index (χ4n) is 3.93. The molecule has 1 heterocycles. The third-order valence-corrected chi connectivity index (χ3v) is 5.91. The first kappa shape index (κ1) is 26.1. The van der Waals surface area contributed by atoms with Gasteiger partial charge in [0, 0.05) is 18.0 Å². The summed E-state index contributed by atoms with van der Waals surface area (Å²) in [6.45, 7) is 8.23. The van der Waals surface area contributed by atoms with Gasteiger partial charge in [-0.05, 0) is 31.4 Å². The van der Waals surface area contributed by atoms with E-state index in [0.717, 1.165) is 61.6 Å². The van der Waals surface area contributed by atoms with Crippen LogP contribution in [0.4, 0.5) is 0 Å². The van der Waals surface area contributed by atoms with E-state index in [2.05, 4.69) is 20.8 Å². The zero-order valence-corrected chi connectivity index (χ0v) is 20.5. The van der Waals surface area contributed by atoms with Crippen molar-refractivity contribution in [1.82, 2.24) is 4.57 Å². The Hall–Kier alpha value is -2.17. The maximum Gasteiger partial charge on any atom is 0.297 e. The molecular formula is C27H43NO4. The first-order valence-electron chi connectivity index (χ1n) is 12.8. The monoisotopic (exact) mass is 445 g/mol. The fourth-order valence-corrected chi connectivity index (χ4v) is 3.93. The van der Waals surface area contributed by atoms with Crippen LogP contribution in [0.5, 0.6) is 17.2 Å². The number of nitrogens with zero attached hydrogens (tertiary/aromatic N) is 1. The van der Waals surface area contributed by atoms with Crippen LogP contribution in [0.25, 0.3) is 10.9 Å². The summed E-state index contributed by atoms with van der Waals surface area (Å²) in [6.07, 6.45) is 13.4. The average molecular weight is 446 g/mol.